The minimum absolute atomic E-state index is 1.00. The Hall–Kier alpha value is -0.210. The summed E-state index contributed by atoms with van der Waals surface area (Å²) in [5, 5.41) is 10.3. The molecule has 1 aromatic carbocycles. The van der Waals surface area contributed by atoms with Gasteiger partial charge in [0.25, 0.3) is 0 Å². The summed E-state index contributed by atoms with van der Waals surface area (Å²) in [7, 11) is 0. The number of hydrogen-bond donors (Lipinski definition) is 0. The van der Waals surface area contributed by atoms with Crippen molar-refractivity contribution in [3.05, 3.63) is 27.8 Å². The van der Waals surface area contributed by atoms with E-state index in [9.17, 15) is 0 Å². The molecule has 0 N–H and O–H groups in total. The molecule has 0 saturated heterocycles. The van der Waals surface area contributed by atoms with Crippen LogP contribution in [0.4, 0.5) is 0 Å². The minimum Gasteiger partial charge on any atom is -0.185 e. The van der Waals surface area contributed by atoms with Crippen molar-refractivity contribution in [3.8, 4) is 5.40 Å². The molecule has 0 bridgehead atoms. The number of rotatable bonds is 1. The summed E-state index contributed by atoms with van der Waals surface area (Å²) in [6, 6.07) is 7.85. The van der Waals surface area contributed by atoms with Crippen molar-refractivity contribution < 1.29 is 0 Å². The molecule has 1 nitrogen and oxygen atoms in total. The van der Waals surface area contributed by atoms with Crippen LogP contribution in [0.5, 0.6) is 0 Å². The van der Waals surface area contributed by atoms with E-state index in [0.29, 0.717) is 0 Å². The zero-order chi connectivity index (χ0) is 7.40. The lowest BCUT2D eigenvalue weighted by atomic mass is 10.4. The van der Waals surface area contributed by atoms with Gasteiger partial charge in [0.2, 0.25) is 0 Å². The molecule has 50 valence electrons. The Morgan fingerprint density at radius 2 is 1.90 bits per heavy atom. The SMILES string of the molecule is N#CSc1ccc(I)cc1. The first kappa shape index (κ1) is 7.89. The van der Waals surface area contributed by atoms with Crippen molar-refractivity contribution in [2.45, 2.75) is 4.90 Å². The van der Waals surface area contributed by atoms with Crippen molar-refractivity contribution >= 4 is 34.4 Å². The maximum atomic E-state index is 8.30. The number of nitrogens with zero attached hydrogens (tertiary/aromatic N) is 1. The number of halogens is 1. The molecule has 10 heavy (non-hydrogen) atoms. The van der Waals surface area contributed by atoms with E-state index in [1.165, 1.54) is 15.3 Å². The molecule has 0 atom stereocenters. The molecule has 0 unspecified atom stereocenters. The summed E-state index contributed by atoms with van der Waals surface area (Å²) in [5.41, 5.74) is 0. The molecule has 1 rings (SSSR count). The minimum atomic E-state index is 1.00. The first-order valence-corrected chi connectivity index (χ1v) is 4.54. The van der Waals surface area contributed by atoms with Crippen LogP contribution in [0.25, 0.3) is 0 Å². The van der Waals surface area contributed by atoms with Crippen molar-refractivity contribution in [2.75, 3.05) is 0 Å². The van der Waals surface area contributed by atoms with Crippen LogP contribution in [0.15, 0.2) is 29.2 Å². The normalized spacial score (nSPS) is 8.80. The van der Waals surface area contributed by atoms with Crippen LogP contribution in [0, 0.1) is 14.2 Å². The van der Waals surface area contributed by atoms with E-state index < -0.39 is 0 Å². The van der Waals surface area contributed by atoms with Gasteiger partial charge in [-0.15, -0.1) is 0 Å². The predicted octanol–water partition coefficient (Wildman–Crippen LogP) is 2.86. The highest BCUT2D eigenvalue weighted by Gasteiger charge is 1.89. The maximum absolute atomic E-state index is 8.30. The molecule has 0 aliphatic heterocycles. The standard InChI is InChI=1S/C7H4INS/c8-6-1-3-7(4-2-6)10-5-9/h1-4H. The van der Waals surface area contributed by atoms with Gasteiger partial charge in [0.15, 0.2) is 0 Å². The molecule has 0 fully saturated rings. The molecule has 3 heteroatoms. The van der Waals surface area contributed by atoms with Gasteiger partial charge in [-0.1, -0.05) is 0 Å². The topological polar surface area (TPSA) is 23.8 Å². The van der Waals surface area contributed by atoms with Crippen LogP contribution in [-0.4, -0.2) is 0 Å². The number of thiocyanates is 1. The molecule has 1 aromatic rings. The molecule has 0 heterocycles. The molecule has 0 radical (unpaired) electrons. The van der Waals surface area contributed by atoms with Gasteiger partial charge in [-0.3, -0.25) is 0 Å². The largest absolute Gasteiger partial charge is 0.185 e. The van der Waals surface area contributed by atoms with Crippen molar-refractivity contribution in [1.82, 2.24) is 0 Å². The van der Waals surface area contributed by atoms with Gasteiger partial charge in [-0.05, 0) is 58.6 Å². The van der Waals surface area contributed by atoms with Crippen LogP contribution in [0.2, 0.25) is 0 Å². The lowest BCUT2D eigenvalue weighted by Gasteiger charge is -1.91. The van der Waals surface area contributed by atoms with Crippen molar-refractivity contribution in [3.63, 3.8) is 0 Å². The highest BCUT2D eigenvalue weighted by Crippen LogP contribution is 2.17. The van der Waals surface area contributed by atoms with E-state index >= 15 is 0 Å². The summed E-state index contributed by atoms with van der Waals surface area (Å²) < 4.78 is 1.19. The Bertz CT molecular complexity index is 249. The second-order valence-electron chi connectivity index (χ2n) is 1.65. The smallest absolute Gasteiger partial charge is 0.138 e. The third-order valence-electron chi connectivity index (χ3n) is 0.977. The summed E-state index contributed by atoms with van der Waals surface area (Å²) in [6.45, 7) is 0. The highest BCUT2D eigenvalue weighted by atomic mass is 127. The van der Waals surface area contributed by atoms with E-state index in [1.807, 2.05) is 29.7 Å². The van der Waals surface area contributed by atoms with E-state index in [1.54, 1.807) is 0 Å². The van der Waals surface area contributed by atoms with Crippen molar-refractivity contribution in [1.29, 1.82) is 5.26 Å². The van der Waals surface area contributed by atoms with Crippen LogP contribution < -0.4 is 0 Å². The second kappa shape index (κ2) is 3.84. The molecule has 0 aliphatic carbocycles. The van der Waals surface area contributed by atoms with Gasteiger partial charge < -0.3 is 0 Å². The monoisotopic (exact) mass is 261 g/mol. The van der Waals surface area contributed by atoms with Crippen LogP contribution >= 0.6 is 34.4 Å². The molecule has 0 aliphatic rings. The fourth-order valence-electron chi connectivity index (χ4n) is 0.555. The van der Waals surface area contributed by atoms with Gasteiger partial charge in [-0.25, -0.2) is 0 Å². The van der Waals surface area contributed by atoms with Crippen molar-refractivity contribution in [2.24, 2.45) is 0 Å². The zero-order valence-electron chi connectivity index (χ0n) is 5.04. The van der Waals surface area contributed by atoms with E-state index in [0.717, 1.165) is 4.90 Å². The van der Waals surface area contributed by atoms with Gasteiger partial charge in [0.05, 0.1) is 0 Å². The summed E-state index contributed by atoms with van der Waals surface area (Å²) in [5.74, 6) is 0. The Morgan fingerprint density at radius 1 is 1.30 bits per heavy atom. The Kier molecular flexibility index (Phi) is 3.03. The lowest BCUT2D eigenvalue weighted by Crippen LogP contribution is -1.69. The summed E-state index contributed by atoms with van der Waals surface area (Å²) in [6.07, 6.45) is 0. The zero-order valence-corrected chi connectivity index (χ0v) is 8.02. The molecule has 0 saturated carbocycles. The molecular formula is C7H4INS. The summed E-state index contributed by atoms with van der Waals surface area (Å²) in [4.78, 5) is 1.00. The summed E-state index contributed by atoms with van der Waals surface area (Å²) >= 11 is 3.42. The van der Waals surface area contributed by atoms with Crippen LogP contribution in [-0.2, 0) is 0 Å². The molecule has 0 aromatic heterocycles. The number of thioether (sulfide) groups is 1. The first-order valence-electron chi connectivity index (χ1n) is 2.64. The lowest BCUT2D eigenvalue weighted by molar-refractivity contribution is 1.44. The first-order chi connectivity index (χ1) is 4.83. The Labute approximate surface area is 77.6 Å². The fourth-order valence-corrected chi connectivity index (χ4v) is 1.29. The van der Waals surface area contributed by atoms with Gasteiger partial charge >= 0.3 is 0 Å². The maximum Gasteiger partial charge on any atom is 0.138 e. The third kappa shape index (κ3) is 2.20. The molecular weight excluding hydrogens is 257 g/mol. The third-order valence-corrected chi connectivity index (χ3v) is 2.30. The van der Waals surface area contributed by atoms with E-state index in [4.69, 9.17) is 5.26 Å². The highest BCUT2D eigenvalue weighted by molar-refractivity contribution is 14.1. The Morgan fingerprint density at radius 3 is 2.40 bits per heavy atom. The van der Waals surface area contributed by atoms with E-state index in [-0.39, 0.29) is 0 Å². The van der Waals surface area contributed by atoms with Gasteiger partial charge in [0, 0.05) is 8.47 Å². The predicted molar refractivity (Wildman–Crippen MR) is 50.6 cm³/mol. The average Bonchev–Trinajstić information content (AvgIpc) is 1.95. The second-order valence-corrected chi connectivity index (χ2v) is 3.75. The van der Waals surface area contributed by atoms with E-state index in [2.05, 4.69) is 22.6 Å². The fraction of sp³-hybridized carbons (Fsp3) is 0. The number of hydrogen-bond acceptors (Lipinski definition) is 2. The van der Waals surface area contributed by atoms with Crippen LogP contribution in [0.1, 0.15) is 0 Å². The van der Waals surface area contributed by atoms with Crippen LogP contribution in [0.3, 0.4) is 0 Å². The Balaban J connectivity index is 2.81. The molecule has 0 spiro atoms. The average molecular weight is 261 g/mol. The van der Waals surface area contributed by atoms with Gasteiger partial charge in [-0.2, -0.15) is 5.26 Å². The van der Waals surface area contributed by atoms with Gasteiger partial charge in [0.1, 0.15) is 5.40 Å². The number of benzene rings is 1. The quantitative estimate of drug-likeness (QED) is 0.441. The number of nitriles is 1. The molecule has 0 amide bonds.